The van der Waals surface area contributed by atoms with Gasteiger partial charge in [-0.15, -0.1) is 5.10 Å². The molecule has 2 rings (SSSR count). The molecule has 0 bridgehead atoms. The summed E-state index contributed by atoms with van der Waals surface area (Å²) in [5, 5.41) is 7.89. The molecule has 1 aliphatic heterocycles. The quantitative estimate of drug-likeness (QED) is 0.704. The number of fused-ring (bicyclic) bond motifs is 1. The molecule has 0 spiro atoms. The molecule has 0 aliphatic carbocycles. The first-order valence-electron chi connectivity index (χ1n) is 5.56. The molecule has 0 atom stereocenters. The Bertz CT molecular complexity index is 359. The van der Waals surface area contributed by atoms with Gasteiger partial charge in [-0.2, -0.15) is 0 Å². The van der Waals surface area contributed by atoms with E-state index >= 15 is 0 Å². The third-order valence-electron chi connectivity index (χ3n) is 2.21. The highest BCUT2D eigenvalue weighted by Gasteiger charge is 2.12. The van der Waals surface area contributed by atoms with Crippen molar-refractivity contribution in [1.82, 2.24) is 15.0 Å². The molecule has 0 fully saturated rings. The van der Waals surface area contributed by atoms with E-state index in [1.54, 1.807) is 0 Å². The van der Waals surface area contributed by atoms with Gasteiger partial charge in [0.15, 0.2) is 0 Å². The standard InChI is InChI=1S/C10H13N3.C2H6/c1-8(2)9-5-3-4-6-13-10(9)7-11-12-13;1-2/h4-8H,3H2,1-2H3;1-2H3. The molecule has 3 heteroatoms. The van der Waals surface area contributed by atoms with Gasteiger partial charge in [0.25, 0.3) is 0 Å². The van der Waals surface area contributed by atoms with Crippen LogP contribution < -0.4 is 0 Å². The lowest BCUT2D eigenvalue weighted by atomic mass is 10.00. The van der Waals surface area contributed by atoms with E-state index in [0.717, 1.165) is 12.1 Å². The molecule has 1 aromatic rings. The Morgan fingerprint density at radius 2 is 2.07 bits per heavy atom. The van der Waals surface area contributed by atoms with E-state index < -0.39 is 0 Å². The van der Waals surface area contributed by atoms with E-state index in [1.165, 1.54) is 5.57 Å². The van der Waals surface area contributed by atoms with Crippen LogP contribution in [0.15, 0.2) is 18.3 Å². The minimum Gasteiger partial charge on any atom is -0.221 e. The largest absolute Gasteiger partial charge is 0.221 e. The Labute approximate surface area is 91.5 Å². The maximum absolute atomic E-state index is 3.99. The summed E-state index contributed by atoms with van der Waals surface area (Å²) in [4.78, 5) is 0. The van der Waals surface area contributed by atoms with Crippen molar-refractivity contribution in [3.05, 3.63) is 24.0 Å². The molecule has 0 saturated carbocycles. The molecule has 3 nitrogen and oxygen atoms in total. The maximum atomic E-state index is 3.99. The predicted octanol–water partition coefficient (Wildman–Crippen LogP) is 3.22. The van der Waals surface area contributed by atoms with Gasteiger partial charge < -0.3 is 0 Å². The lowest BCUT2D eigenvalue weighted by molar-refractivity contribution is 0.805. The molecule has 0 saturated heterocycles. The van der Waals surface area contributed by atoms with E-state index in [2.05, 4.69) is 36.3 Å². The predicted molar refractivity (Wildman–Crippen MR) is 64.1 cm³/mol. The van der Waals surface area contributed by atoms with Crippen LogP contribution in [0.25, 0.3) is 11.8 Å². The summed E-state index contributed by atoms with van der Waals surface area (Å²) in [6.07, 6.45) is 9.10. The van der Waals surface area contributed by atoms with Crippen LogP contribution in [0, 0.1) is 5.92 Å². The van der Waals surface area contributed by atoms with Crippen LogP contribution in [0.1, 0.15) is 39.8 Å². The summed E-state index contributed by atoms with van der Waals surface area (Å²) in [5.74, 6) is 0.525. The number of aromatic nitrogens is 3. The lowest BCUT2D eigenvalue weighted by Crippen LogP contribution is -1.99. The second-order valence-electron chi connectivity index (χ2n) is 3.50. The Morgan fingerprint density at radius 3 is 2.73 bits per heavy atom. The average molecular weight is 205 g/mol. The van der Waals surface area contributed by atoms with Gasteiger partial charge in [-0.1, -0.05) is 45.1 Å². The summed E-state index contributed by atoms with van der Waals surface area (Å²) in [6, 6.07) is 0. The van der Waals surface area contributed by atoms with Crippen LogP contribution in [0.3, 0.4) is 0 Å². The van der Waals surface area contributed by atoms with E-state index in [1.807, 2.05) is 30.9 Å². The summed E-state index contributed by atoms with van der Waals surface area (Å²) in [6.45, 7) is 8.38. The minimum atomic E-state index is 0.525. The Kier molecular flexibility index (Phi) is 4.28. The first-order valence-corrected chi connectivity index (χ1v) is 5.56. The van der Waals surface area contributed by atoms with Crippen LogP contribution in [-0.2, 0) is 0 Å². The molecule has 15 heavy (non-hydrogen) atoms. The SMILES string of the molecule is CC.CC(C)C1=CCC=Cn2nncc21. The molecule has 0 unspecified atom stereocenters. The summed E-state index contributed by atoms with van der Waals surface area (Å²) in [5.41, 5.74) is 2.44. The smallest absolute Gasteiger partial charge is 0.0896 e. The van der Waals surface area contributed by atoms with Crippen molar-refractivity contribution in [2.24, 2.45) is 5.92 Å². The molecule has 0 amide bonds. The number of allylic oxidation sites excluding steroid dienone is 3. The summed E-state index contributed by atoms with van der Waals surface area (Å²) >= 11 is 0. The van der Waals surface area contributed by atoms with E-state index in [9.17, 15) is 0 Å². The zero-order chi connectivity index (χ0) is 11.3. The number of nitrogens with zero attached hydrogens (tertiary/aromatic N) is 3. The maximum Gasteiger partial charge on any atom is 0.0896 e. The van der Waals surface area contributed by atoms with Gasteiger partial charge in [-0.05, 0) is 17.9 Å². The average Bonchev–Trinajstić information content (AvgIpc) is 2.60. The highest BCUT2D eigenvalue weighted by Crippen LogP contribution is 2.24. The lowest BCUT2D eigenvalue weighted by Gasteiger charge is -2.08. The fourth-order valence-corrected chi connectivity index (χ4v) is 1.55. The zero-order valence-electron chi connectivity index (χ0n) is 9.94. The van der Waals surface area contributed by atoms with Crippen molar-refractivity contribution in [1.29, 1.82) is 0 Å². The molecule has 1 aliphatic rings. The van der Waals surface area contributed by atoms with Crippen molar-refractivity contribution in [2.45, 2.75) is 34.1 Å². The highest BCUT2D eigenvalue weighted by molar-refractivity contribution is 5.66. The molecular formula is C12H19N3. The summed E-state index contributed by atoms with van der Waals surface area (Å²) in [7, 11) is 0. The first-order chi connectivity index (χ1) is 7.29. The highest BCUT2D eigenvalue weighted by atomic mass is 15.4. The Balaban J connectivity index is 0.000000531. The van der Waals surface area contributed by atoms with Gasteiger partial charge in [-0.3, -0.25) is 0 Å². The van der Waals surface area contributed by atoms with Gasteiger partial charge in [-0.25, -0.2) is 4.68 Å². The van der Waals surface area contributed by atoms with Crippen LogP contribution in [0.2, 0.25) is 0 Å². The normalized spacial score (nSPS) is 13.8. The number of rotatable bonds is 1. The monoisotopic (exact) mass is 205 g/mol. The summed E-state index contributed by atoms with van der Waals surface area (Å²) < 4.78 is 1.83. The van der Waals surface area contributed by atoms with E-state index in [-0.39, 0.29) is 0 Å². The number of hydrogen-bond donors (Lipinski definition) is 0. The molecule has 0 aromatic carbocycles. The first kappa shape index (κ1) is 11.7. The van der Waals surface area contributed by atoms with Crippen LogP contribution in [-0.4, -0.2) is 15.0 Å². The van der Waals surface area contributed by atoms with Gasteiger partial charge in [0.2, 0.25) is 0 Å². The third-order valence-corrected chi connectivity index (χ3v) is 2.21. The van der Waals surface area contributed by atoms with Gasteiger partial charge in [0.1, 0.15) is 0 Å². The van der Waals surface area contributed by atoms with Crippen molar-refractivity contribution >= 4 is 11.8 Å². The van der Waals surface area contributed by atoms with Crippen LogP contribution >= 0.6 is 0 Å². The molecule has 0 radical (unpaired) electrons. The van der Waals surface area contributed by atoms with E-state index in [0.29, 0.717) is 5.92 Å². The van der Waals surface area contributed by atoms with Gasteiger partial charge in [0, 0.05) is 6.20 Å². The molecular weight excluding hydrogens is 186 g/mol. The van der Waals surface area contributed by atoms with Crippen LogP contribution in [0.4, 0.5) is 0 Å². The van der Waals surface area contributed by atoms with Crippen LogP contribution in [0.5, 0.6) is 0 Å². The minimum absolute atomic E-state index is 0.525. The number of hydrogen-bond acceptors (Lipinski definition) is 2. The fraction of sp³-hybridized carbons (Fsp3) is 0.500. The van der Waals surface area contributed by atoms with Crippen molar-refractivity contribution in [2.75, 3.05) is 0 Å². The van der Waals surface area contributed by atoms with Gasteiger partial charge in [0.05, 0.1) is 11.9 Å². The molecule has 82 valence electrons. The van der Waals surface area contributed by atoms with Gasteiger partial charge >= 0.3 is 0 Å². The molecule has 0 N–H and O–H groups in total. The second kappa shape index (κ2) is 5.49. The third kappa shape index (κ3) is 2.55. The van der Waals surface area contributed by atoms with Crippen molar-refractivity contribution in [3.63, 3.8) is 0 Å². The topological polar surface area (TPSA) is 30.7 Å². The molecule has 1 aromatic heterocycles. The Morgan fingerprint density at radius 1 is 1.33 bits per heavy atom. The molecule has 2 heterocycles. The zero-order valence-corrected chi connectivity index (χ0v) is 9.94. The Hall–Kier alpha value is -1.38. The van der Waals surface area contributed by atoms with Crippen molar-refractivity contribution in [3.8, 4) is 0 Å². The van der Waals surface area contributed by atoms with E-state index in [4.69, 9.17) is 0 Å². The second-order valence-corrected chi connectivity index (χ2v) is 3.50. The fourth-order valence-electron chi connectivity index (χ4n) is 1.55. The van der Waals surface area contributed by atoms with Crippen molar-refractivity contribution < 1.29 is 0 Å².